The van der Waals surface area contributed by atoms with Gasteiger partial charge in [-0.3, -0.25) is 4.98 Å². The number of hydrogen-bond donors (Lipinski definition) is 1. The van der Waals surface area contributed by atoms with E-state index in [1.54, 1.807) is 0 Å². The minimum absolute atomic E-state index is 0.0579. The Balaban J connectivity index is 2.16. The van der Waals surface area contributed by atoms with Gasteiger partial charge in [-0.1, -0.05) is 5.16 Å². The lowest BCUT2D eigenvalue weighted by atomic mass is 9.91. The molecular formula is C13H15F4N3O. The maximum absolute atomic E-state index is 12.9. The molecule has 4 nitrogen and oxygen atoms in total. The van der Waals surface area contributed by atoms with E-state index < -0.39 is 18.6 Å². The van der Waals surface area contributed by atoms with Crippen LogP contribution in [0.25, 0.3) is 0 Å². The van der Waals surface area contributed by atoms with Crippen molar-refractivity contribution in [3.8, 4) is 0 Å². The molecule has 116 valence electrons. The molecule has 0 saturated carbocycles. The Morgan fingerprint density at radius 2 is 2.05 bits per heavy atom. The second kappa shape index (κ2) is 6.84. The average Bonchev–Trinajstić information content (AvgIpc) is 2.45. The minimum Gasteiger partial charge on any atom is -0.386 e. The van der Waals surface area contributed by atoms with E-state index in [9.17, 15) is 17.6 Å². The highest BCUT2D eigenvalue weighted by molar-refractivity contribution is 6.00. The van der Waals surface area contributed by atoms with Crippen LogP contribution in [0.2, 0.25) is 0 Å². The molecule has 0 aliphatic carbocycles. The number of hydrogen-bond acceptors (Lipinski definition) is 4. The van der Waals surface area contributed by atoms with Crippen molar-refractivity contribution in [2.24, 2.45) is 11.1 Å². The number of pyridine rings is 1. The summed E-state index contributed by atoms with van der Waals surface area (Å²) in [5, 5.41) is 6.77. The predicted octanol–water partition coefficient (Wildman–Crippen LogP) is 2.50. The molecule has 2 rings (SSSR count). The normalized spacial score (nSPS) is 17.8. The quantitative estimate of drug-likeness (QED) is 0.528. The molecule has 1 aliphatic heterocycles. The van der Waals surface area contributed by atoms with Crippen LogP contribution in [-0.2, 0) is 4.84 Å². The van der Waals surface area contributed by atoms with Gasteiger partial charge in [0, 0.05) is 5.92 Å². The van der Waals surface area contributed by atoms with Crippen molar-refractivity contribution >= 4 is 5.71 Å². The first-order valence-electron chi connectivity index (χ1n) is 6.55. The molecule has 1 fully saturated rings. The Kier molecular flexibility index (Phi) is 5.11. The first-order chi connectivity index (χ1) is 9.96. The zero-order valence-corrected chi connectivity index (χ0v) is 11.2. The number of oxime groups is 1. The zero-order chi connectivity index (χ0) is 15.3. The molecule has 0 amide bonds. The van der Waals surface area contributed by atoms with Crippen molar-refractivity contribution in [3.05, 3.63) is 29.8 Å². The molecule has 1 aliphatic rings. The van der Waals surface area contributed by atoms with E-state index in [2.05, 4.69) is 20.3 Å². The van der Waals surface area contributed by atoms with Crippen molar-refractivity contribution < 1.29 is 22.4 Å². The van der Waals surface area contributed by atoms with Crippen LogP contribution < -0.4 is 5.32 Å². The van der Waals surface area contributed by atoms with Crippen LogP contribution in [0.4, 0.5) is 17.6 Å². The summed E-state index contributed by atoms with van der Waals surface area (Å²) in [4.78, 5) is 8.29. The summed E-state index contributed by atoms with van der Waals surface area (Å²) in [5.74, 6) is -0.572. The summed E-state index contributed by atoms with van der Waals surface area (Å²) in [6, 6.07) is 2.59. The van der Waals surface area contributed by atoms with Gasteiger partial charge in [-0.2, -0.15) is 13.2 Å². The average molecular weight is 305 g/mol. The van der Waals surface area contributed by atoms with Crippen LogP contribution in [0.5, 0.6) is 0 Å². The van der Waals surface area contributed by atoms with E-state index in [0.717, 1.165) is 19.3 Å². The molecule has 0 spiro atoms. The standard InChI is InChI=1S/C13H15F4N3O/c14-10-1-2-11(19-7-10)12(9-3-5-18-6-4-9)20-21-8-13(15,16)17/h1-2,7,9,18H,3-6,8H2/b20-12+. The number of aromatic nitrogens is 1. The molecule has 1 aromatic heterocycles. The second-order valence-corrected chi connectivity index (χ2v) is 4.75. The molecule has 0 atom stereocenters. The Hall–Kier alpha value is -1.70. The van der Waals surface area contributed by atoms with Crippen LogP contribution in [0.15, 0.2) is 23.5 Å². The van der Waals surface area contributed by atoms with Crippen LogP contribution in [0, 0.1) is 11.7 Å². The molecule has 1 N–H and O–H groups in total. The molecule has 1 saturated heterocycles. The van der Waals surface area contributed by atoms with Crippen LogP contribution in [0.1, 0.15) is 18.5 Å². The van der Waals surface area contributed by atoms with E-state index in [1.807, 2.05) is 0 Å². The Morgan fingerprint density at radius 1 is 1.33 bits per heavy atom. The number of piperidine rings is 1. The van der Waals surface area contributed by atoms with Gasteiger partial charge in [0.25, 0.3) is 0 Å². The van der Waals surface area contributed by atoms with Gasteiger partial charge >= 0.3 is 6.18 Å². The Labute approximate surface area is 119 Å². The van der Waals surface area contributed by atoms with E-state index in [1.165, 1.54) is 12.1 Å². The first kappa shape index (κ1) is 15.7. The summed E-state index contributed by atoms with van der Waals surface area (Å²) in [6.45, 7) is 0.0248. The zero-order valence-electron chi connectivity index (χ0n) is 11.2. The van der Waals surface area contributed by atoms with Gasteiger partial charge < -0.3 is 10.2 Å². The summed E-state index contributed by atoms with van der Waals surface area (Å²) >= 11 is 0. The fourth-order valence-electron chi connectivity index (χ4n) is 2.13. The third-order valence-corrected chi connectivity index (χ3v) is 3.11. The maximum atomic E-state index is 12.9. The fraction of sp³-hybridized carbons (Fsp3) is 0.538. The van der Waals surface area contributed by atoms with Crippen LogP contribution >= 0.6 is 0 Å². The van der Waals surface area contributed by atoms with Crippen molar-refractivity contribution in [1.29, 1.82) is 0 Å². The largest absolute Gasteiger partial charge is 0.425 e. The van der Waals surface area contributed by atoms with Crippen molar-refractivity contribution in [3.63, 3.8) is 0 Å². The van der Waals surface area contributed by atoms with Crippen molar-refractivity contribution in [2.45, 2.75) is 19.0 Å². The smallest absolute Gasteiger partial charge is 0.386 e. The van der Waals surface area contributed by atoms with Crippen LogP contribution in [0.3, 0.4) is 0 Å². The number of halogens is 4. The van der Waals surface area contributed by atoms with Crippen molar-refractivity contribution in [2.75, 3.05) is 19.7 Å². The highest BCUT2D eigenvalue weighted by atomic mass is 19.4. The Morgan fingerprint density at radius 3 is 2.62 bits per heavy atom. The number of nitrogens with one attached hydrogen (secondary N) is 1. The molecule has 2 heterocycles. The van der Waals surface area contributed by atoms with E-state index in [0.29, 0.717) is 24.2 Å². The highest BCUT2D eigenvalue weighted by Gasteiger charge is 2.29. The van der Waals surface area contributed by atoms with Gasteiger partial charge in [0.1, 0.15) is 11.5 Å². The van der Waals surface area contributed by atoms with E-state index in [4.69, 9.17) is 0 Å². The summed E-state index contributed by atoms with van der Waals surface area (Å²) in [7, 11) is 0. The lowest BCUT2D eigenvalue weighted by molar-refractivity contribution is -0.173. The van der Waals surface area contributed by atoms with Gasteiger partial charge in [0.15, 0.2) is 0 Å². The summed E-state index contributed by atoms with van der Waals surface area (Å²) in [5.41, 5.74) is 0.672. The fourth-order valence-corrected chi connectivity index (χ4v) is 2.13. The van der Waals surface area contributed by atoms with E-state index in [-0.39, 0.29) is 5.92 Å². The molecule has 0 aromatic carbocycles. The topological polar surface area (TPSA) is 46.5 Å². The predicted molar refractivity (Wildman–Crippen MR) is 68.3 cm³/mol. The van der Waals surface area contributed by atoms with Gasteiger partial charge in [-0.05, 0) is 38.1 Å². The Bertz CT molecular complexity index is 481. The number of rotatable bonds is 4. The third-order valence-electron chi connectivity index (χ3n) is 3.11. The maximum Gasteiger partial charge on any atom is 0.425 e. The molecule has 0 radical (unpaired) electrons. The van der Waals surface area contributed by atoms with Crippen molar-refractivity contribution in [1.82, 2.24) is 10.3 Å². The lowest BCUT2D eigenvalue weighted by Gasteiger charge is -2.23. The summed E-state index contributed by atoms with van der Waals surface area (Å²) in [6.07, 6.45) is -2.00. The van der Waals surface area contributed by atoms with Gasteiger partial charge in [-0.15, -0.1) is 0 Å². The first-order valence-corrected chi connectivity index (χ1v) is 6.55. The van der Waals surface area contributed by atoms with Crippen LogP contribution in [-0.4, -0.2) is 36.6 Å². The number of alkyl halides is 3. The second-order valence-electron chi connectivity index (χ2n) is 4.75. The monoisotopic (exact) mass is 305 g/mol. The third kappa shape index (κ3) is 4.96. The molecule has 1 aromatic rings. The van der Waals surface area contributed by atoms with Gasteiger partial charge in [-0.25, -0.2) is 4.39 Å². The highest BCUT2D eigenvalue weighted by Crippen LogP contribution is 2.20. The number of nitrogens with zero attached hydrogens (tertiary/aromatic N) is 2. The SMILES string of the molecule is Fc1ccc(/C(=N/OCC(F)(F)F)C2CCNCC2)nc1. The lowest BCUT2D eigenvalue weighted by Crippen LogP contribution is -2.33. The molecule has 0 bridgehead atoms. The summed E-state index contributed by atoms with van der Waals surface area (Å²) < 4.78 is 49.3. The molecule has 21 heavy (non-hydrogen) atoms. The molecule has 0 unspecified atom stereocenters. The molecular weight excluding hydrogens is 290 g/mol. The molecule has 8 heteroatoms. The van der Waals surface area contributed by atoms with E-state index >= 15 is 0 Å². The minimum atomic E-state index is -4.45. The van der Waals surface area contributed by atoms with Gasteiger partial charge in [0.05, 0.1) is 11.9 Å². The van der Waals surface area contributed by atoms with Gasteiger partial charge in [0.2, 0.25) is 6.61 Å².